The summed E-state index contributed by atoms with van der Waals surface area (Å²) < 4.78 is 0. The number of para-hydroxylation sites is 1. The number of hydrogen-bond acceptors (Lipinski definition) is 3. The van der Waals surface area contributed by atoms with Crippen LogP contribution >= 0.6 is 0 Å². The third-order valence-electron chi connectivity index (χ3n) is 5.03. The smallest absolute Gasteiger partial charge is 0.242 e. The second-order valence-electron chi connectivity index (χ2n) is 6.58. The lowest BCUT2D eigenvalue weighted by molar-refractivity contribution is -0.146. The zero-order valence-corrected chi connectivity index (χ0v) is 14.2. The largest absolute Gasteiger partial charge is 0.339 e. The van der Waals surface area contributed by atoms with E-state index in [-0.39, 0.29) is 17.7 Å². The standard InChI is InChI=1S/C18H23N3O3/c1-14(22)20-10-12-21(13-11-20)17(24)18(8-9-18)16(23)19(2)15-6-4-3-5-7-15/h3-7H,8-13H2,1-2H3. The second-order valence-corrected chi connectivity index (χ2v) is 6.58. The Bertz CT molecular complexity index is 647. The van der Waals surface area contributed by atoms with Gasteiger partial charge in [0.25, 0.3) is 0 Å². The predicted molar refractivity (Wildman–Crippen MR) is 90.4 cm³/mol. The van der Waals surface area contributed by atoms with Crippen molar-refractivity contribution in [1.29, 1.82) is 0 Å². The average molecular weight is 329 g/mol. The predicted octanol–water partition coefficient (Wildman–Crippen LogP) is 1.12. The molecule has 0 spiro atoms. The third-order valence-corrected chi connectivity index (χ3v) is 5.03. The van der Waals surface area contributed by atoms with Crippen LogP contribution in [-0.2, 0) is 14.4 Å². The molecule has 1 aliphatic carbocycles. The molecule has 1 saturated carbocycles. The first kappa shape index (κ1) is 16.5. The molecule has 0 aromatic heterocycles. The van der Waals surface area contributed by atoms with Crippen molar-refractivity contribution in [2.24, 2.45) is 5.41 Å². The highest BCUT2D eigenvalue weighted by molar-refractivity contribution is 6.13. The van der Waals surface area contributed by atoms with E-state index >= 15 is 0 Å². The maximum atomic E-state index is 12.9. The Balaban J connectivity index is 1.68. The molecule has 1 heterocycles. The number of nitrogens with zero attached hydrogens (tertiary/aromatic N) is 3. The highest BCUT2D eigenvalue weighted by atomic mass is 16.2. The zero-order valence-electron chi connectivity index (χ0n) is 14.2. The first-order valence-corrected chi connectivity index (χ1v) is 8.34. The number of hydrogen-bond donors (Lipinski definition) is 0. The normalized spacial score (nSPS) is 18.9. The van der Waals surface area contributed by atoms with Crippen LogP contribution in [0, 0.1) is 5.41 Å². The third kappa shape index (κ3) is 2.88. The minimum Gasteiger partial charge on any atom is -0.339 e. The van der Waals surface area contributed by atoms with Crippen LogP contribution in [0.25, 0.3) is 0 Å². The van der Waals surface area contributed by atoms with E-state index in [1.807, 2.05) is 30.3 Å². The molecular formula is C18H23N3O3. The summed E-state index contributed by atoms with van der Waals surface area (Å²) in [6, 6.07) is 9.38. The Kier molecular flexibility index (Phi) is 4.30. The zero-order chi connectivity index (χ0) is 17.3. The molecule has 1 aromatic rings. The van der Waals surface area contributed by atoms with Crippen LogP contribution in [0.4, 0.5) is 5.69 Å². The minimum atomic E-state index is -0.900. The van der Waals surface area contributed by atoms with E-state index in [9.17, 15) is 14.4 Å². The lowest BCUT2D eigenvalue weighted by Gasteiger charge is -2.36. The van der Waals surface area contributed by atoms with Gasteiger partial charge in [0.1, 0.15) is 5.41 Å². The van der Waals surface area contributed by atoms with Gasteiger partial charge in [0.15, 0.2) is 0 Å². The lowest BCUT2D eigenvalue weighted by Crippen LogP contribution is -2.54. The van der Waals surface area contributed by atoms with Crippen LogP contribution in [0.2, 0.25) is 0 Å². The molecule has 128 valence electrons. The van der Waals surface area contributed by atoms with Crippen molar-refractivity contribution < 1.29 is 14.4 Å². The fraction of sp³-hybridized carbons (Fsp3) is 0.500. The molecule has 0 bridgehead atoms. The Morgan fingerprint density at radius 1 is 0.958 bits per heavy atom. The van der Waals surface area contributed by atoms with Gasteiger partial charge in [-0.25, -0.2) is 0 Å². The maximum absolute atomic E-state index is 12.9. The molecule has 0 atom stereocenters. The number of benzene rings is 1. The van der Waals surface area contributed by atoms with Gasteiger partial charge < -0.3 is 14.7 Å². The van der Waals surface area contributed by atoms with Crippen molar-refractivity contribution in [3.05, 3.63) is 30.3 Å². The van der Waals surface area contributed by atoms with Gasteiger partial charge in [-0.05, 0) is 25.0 Å². The Morgan fingerprint density at radius 2 is 1.50 bits per heavy atom. The summed E-state index contributed by atoms with van der Waals surface area (Å²) in [5, 5.41) is 0. The van der Waals surface area contributed by atoms with Gasteiger partial charge in [-0.15, -0.1) is 0 Å². The molecular weight excluding hydrogens is 306 g/mol. The van der Waals surface area contributed by atoms with Gasteiger partial charge in [-0.3, -0.25) is 14.4 Å². The highest BCUT2D eigenvalue weighted by Gasteiger charge is 2.59. The number of anilines is 1. The highest BCUT2D eigenvalue weighted by Crippen LogP contribution is 2.49. The molecule has 6 nitrogen and oxygen atoms in total. The summed E-state index contributed by atoms with van der Waals surface area (Å²) in [6.07, 6.45) is 1.21. The molecule has 0 radical (unpaired) electrons. The molecule has 3 amide bonds. The van der Waals surface area contributed by atoms with Crippen molar-refractivity contribution in [2.45, 2.75) is 19.8 Å². The molecule has 0 unspecified atom stereocenters. The summed E-state index contributed by atoms with van der Waals surface area (Å²) >= 11 is 0. The first-order valence-electron chi connectivity index (χ1n) is 8.34. The van der Waals surface area contributed by atoms with Crippen LogP contribution in [0.15, 0.2) is 30.3 Å². The van der Waals surface area contributed by atoms with Gasteiger partial charge in [-0.2, -0.15) is 0 Å². The van der Waals surface area contributed by atoms with Gasteiger partial charge in [0, 0.05) is 45.8 Å². The average Bonchev–Trinajstić information content (AvgIpc) is 3.42. The summed E-state index contributed by atoms with van der Waals surface area (Å²) in [5.41, 5.74) is -0.105. The number of carbonyl (C=O) groups excluding carboxylic acids is 3. The molecule has 2 fully saturated rings. The van der Waals surface area contributed by atoms with Crippen LogP contribution < -0.4 is 4.90 Å². The number of amides is 3. The van der Waals surface area contributed by atoms with Crippen LogP contribution in [0.5, 0.6) is 0 Å². The minimum absolute atomic E-state index is 0.0307. The van der Waals surface area contributed by atoms with Crippen molar-refractivity contribution >= 4 is 23.4 Å². The Morgan fingerprint density at radius 3 is 2.00 bits per heavy atom. The fourth-order valence-electron chi connectivity index (χ4n) is 3.26. The molecule has 1 aromatic carbocycles. The number of piperazine rings is 1. The molecule has 6 heteroatoms. The van der Waals surface area contributed by atoms with E-state index in [0.29, 0.717) is 39.0 Å². The van der Waals surface area contributed by atoms with Gasteiger partial charge in [0.05, 0.1) is 0 Å². The van der Waals surface area contributed by atoms with Crippen LogP contribution in [0.3, 0.4) is 0 Å². The lowest BCUT2D eigenvalue weighted by atomic mass is 10.0. The second kappa shape index (κ2) is 6.26. The molecule has 1 aliphatic heterocycles. The SMILES string of the molecule is CC(=O)N1CCN(C(=O)C2(C(=O)N(C)c3ccccc3)CC2)CC1. The topological polar surface area (TPSA) is 60.9 Å². The van der Waals surface area contributed by atoms with E-state index in [0.717, 1.165) is 5.69 Å². The maximum Gasteiger partial charge on any atom is 0.242 e. The number of carbonyl (C=O) groups is 3. The van der Waals surface area contributed by atoms with E-state index < -0.39 is 5.41 Å². The van der Waals surface area contributed by atoms with Crippen molar-refractivity contribution in [3.8, 4) is 0 Å². The summed E-state index contributed by atoms with van der Waals surface area (Å²) in [4.78, 5) is 42.3. The van der Waals surface area contributed by atoms with Crippen molar-refractivity contribution in [2.75, 3.05) is 38.1 Å². The van der Waals surface area contributed by atoms with Gasteiger partial charge in [-0.1, -0.05) is 18.2 Å². The molecule has 1 saturated heterocycles. The molecule has 24 heavy (non-hydrogen) atoms. The van der Waals surface area contributed by atoms with Crippen LogP contribution in [-0.4, -0.2) is 60.7 Å². The first-order chi connectivity index (χ1) is 11.5. The monoisotopic (exact) mass is 329 g/mol. The molecule has 0 N–H and O–H groups in total. The van der Waals surface area contributed by atoms with Crippen molar-refractivity contribution in [3.63, 3.8) is 0 Å². The molecule has 2 aliphatic rings. The summed E-state index contributed by atoms with van der Waals surface area (Å²) in [6.45, 7) is 3.63. The summed E-state index contributed by atoms with van der Waals surface area (Å²) in [7, 11) is 1.72. The Hall–Kier alpha value is -2.37. The Labute approximate surface area is 142 Å². The quantitative estimate of drug-likeness (QED) is 0.781. The van der Waals surface area contributed by atoms with E-state index in [4.69, 9.17) is 0 Å². The molecule has 3 rings (SSSR count). The summed E-state index contributed by atoms with van der Waals surface area (Å²) in [5.74, 6) is -0.186. The van der Waals surface area contributed by atoms with E-state index in [2.05, 4.69) is 0 Å². The van der Waals surface area contributed by atoms with E-state index in [1.165, 1.54) is 6.92 Å². The van der Waals surface area contributed by atoms with Gasteiger partial charge in [0.2, 0.25) is 17.7 Å². The number of rotatable bonds is 3. The van der Waals surface area contributed by atoms with E-state index in [1.54, 1.807) is 21.7 Å². The fourth-order valence-corrected chi connectivity index (χ4v) is 3.26. The van der Waals surface area contributed by atoms with Crippen LogP contribution in [0.1, 0.15) is 19.8 Å². The van der Waals surface area contributed by atoms with Gasteiger partial charge >= 0.3 is 0 Å². The van der Waals surface area contributed by atoms with Crippen molar-refractivity contribution in [1.82, 2.24) is 9.80 Å².